The summed E-state index contributed by atoms with van der Waals surface area (Å²) in [6.07, 6.45) is 0. The largest absolute Gasteiger partial charge is 0.362 e. The Balaban J connectivity index is 2.22. The van der Waals surface area contributed by atoms with E-state index >= 15 is 0 Å². The number of anilines is 1. The minimum Gasteiger partial charge on any atom is -0.362 e. The number of nitrogens with zero attached hydrogens (tertiary/aromatic N) is 2. The minimum atomic E-state index is 0.0636. The van der Waals surface area contributed by atoms with Crippen LogP contribution in [0.1, 0.15) is 12.5 Å². The van der Waals surface area contributed by atoms with Crippen LogP contribution < -0.4 is 5.32 Å². The monoisotopic (exact) mass is 319 g/mol. The van der Waals surface area contributed by atoms with Gasteiger partial charge in [-0.3, -0.25) is 4.79 Å². The van der Waals surface area contributed by atoms with Crippen LogP contribution in [0.25, 0.3) is 11.3 Å². The van der Waals surface area contributed by atoms with Gasteiger partial charge in [-0.25, -0.2) is 0 Å². The first-order chi connectivity index (χ1) is 9.06. The summed E-state index contributed by atoms with van der Waals surface area (Å²) in [4.78, 5) is 10.9. The highest BCUT2D eigenvalue weighted by Gasteiger charge is 2.05. The number of Topliss-reactive ketones (excluding diaryl/α,β-unsaturated/α-hetero) is 1. The molecule has 0 aliphatic carbocycles. The standard InChI is InChI=1S/C14H14BrN3O/c1-9-3-4-11(15)7-12(9)13-5-6-14(18-17-13)16-8-10(2)19/h3-7H,8H2,1-2H3,(H,16,18). The van der Waals surface area contributed by atoms with Crippen molar-refractivity contribution in [1.29, 1.82) is 0 Å². The van der Waals surface area contributed by atoms with E-state index in [0.29, 0.717) is 5.82 Å². The van der Waals surface area contributed by atoms with Crippen LogP contribution in [0, 0.1) is 6.92 Å². The molecule has 1 heterocycles. The SMILES string of the molecule is CC(=O)CNc1ccc(-c2cc(Br)ccc2C)nn1. The van der Waals surface area contributed by atoms with Crippen LogP contribution in [0.2, 0.25) is 0 Å². The molecule has 0 aliphatic heterocycles. The van der Waals surface area contributed by atoms with Gasteiger partial charge < -0.3 is 5.32 Å². The number of hydrogen-bond acceptors (Lipinski definition) is 4. The zero-order valence-corrected chi connectivity index (χ0v) is 12.4. The van der Waals surface area contributed by atoms with Gasteiger partial charge in [0.25, 0.3) is 0 Å². The fourth-order valence-corrected chi connectivity index (χ4v) is 2.02. The Bertz CT molecular complexity index is 596. The van der Waals surface area contributed by atoms with Crippen LogP contribution in [0.15, 0.2) is 34.8 Å². The van der Waals surface area contributed by atoms with Gasteiger partial charge in [-0.05, 0) is 43.7 Å². The molecule has 0 saturated carbocycles. The van der Waals surface area contributed by atoms with Gasteiger partial charge in [-0.2, -0.15) is 0 Å². The lowest BCUT2D eigenvalue weighted by atomic mass is 10.1. The van der Waals surface area contributed by atoms with Gasteiger partial charge in [0.2, 0.25) is 0 Å². The van der Waals surface area contributed by atoms with Gasteiger partial charge in [0.05, 0.1) is 12.2 Å². The van der Waals surface area contributed by atoms with Gasteiger partial charge in [-0.15, -0.1) is 10.2 Å². The minimum absolute atomic E-state index is 0.0636. The summed E-state index contributed by atoms with van der Waals surface area (Å²) in [6.45, 7) is 3.83. The third kappa shape index (κ3) is 3.61. The number of aromatic nitrogens is 2. The second-order valence-corrected chi connectivity index (χ2v) is 5.23. The van der Waals surface area contributed by atoms with Crippen LogP contribution in [0.5, 0.6) is 0 Å². The zero-order valence-electron chi connectivity index (χ0n) is 10.8. The fraction of sp³-hybridized carbons (Fsp3) is 0.214. The Morgan fingerprint density at radius 3 is 2.68 bits per heavy atom. The topological polar surface area (TPSA) is 54.9 Å². The van der Waals surface area contributed by atoms with Gasteiger partial charge in [0.1, 0.15) is 11.6 Å². The smallest absolute Gasteiger partial charge is 0.149 e. The van der Waals surface area contributed by atoms with Crippen LogP contribution in [0.4, 0.5) is 5.82 Å². The van der Waals surface area contributed by atoms with Crippen LogP contribution >= 0.6 is 15.9 Å². The Morgan fingerprint density at radius 1 is 1.26 bits per heavy atom. The van der Waals surface area contributed by atoms with E-state index in [2.05, 4.69) is 31.4 Å². The molecule has 2 rings (SSSR count). The van der Waals surface area contributed by atoms with E-state index in [1.54, 1.807) is 0 Å². The molecule has 0 amide bonds. The Labute approximate surface area is 120 Å². The molecule has 19 heavy (non-hydrogen) atoms. The first-order valence-corrected chi connectivity index (χ1v) is 6.69. The van der Waals surface area contributed by atoms with Crippen molar-refractivity contribution >= 4 is 27.5 Å². The molecule has 0 atom stereocenters. The van der Waals surface area contributed by atoms with E-state index in [4.69, 9.17) is 0 Å². The highest BCUT2D eigenvalue weighted by atomic mass is 79.9. The predicted molar refractivity (Wildman–Crippen MR) is 79.1 cm³/mol. The Kier molecular flexibility index (Phi) is 4.27. The highest BCUT2D eigenvalue weighted by molar-refractivity contribution is 9.10. The summed E-state index contributed by atoms with van der Waals surface area (Å²) in [7, 11) is 0. The maximum absolute atomic E-state index is 10.9. The predicted octanol–water partition coefficient (Wildman–Crippen LogP) is 3.22. The number of ketones is 1. The molecule has 5 heteroatoms. The number of nitrogens with one attached hydrogen (secondary N) is 1. The lowest BCUT2D eigenvalue weighted by molar-refractivity contribution is -0.115. The number of benzene rings is 1. The average molecular weight is 320 g/mol. The molecule has 1 aromatic heterocycles. The van der Waals surface area contributed by atoms with Crippen LogP contribution in [-0.2, 0) is 4.79 Å². The lowest BCUT2D eigenvalue weighted by Crippen LogP contribution is -2.11. The van der Waals surface area contributed by atoms with Crippen LogP contribution in [0.3, 0.4) is 0 Å². The zero-order chi connectivity index (χ0) is 13.8. The van der Waals surface area contributed by atoms with E-state index < -0.39 is 0 Å². The molecule has 98 valence electrons. The average Bonchev–Trinajstić information content (AvgIpc) is 2.40. The van der Waals surface area contributed by atoms with Crippen LogP contribution in [-0.4, -0.2) is 22.5 Å². The summed E-state index contributed by atoms with van der Waals surface area (Å²) < 4.78 is 1.01. The first kappa shape index (κ1) is 13.7. The number of carbonyl (C=O) groups is 1. The maximum Gasteiger partial charge on any atom is 0.149 e. The number of hydrogen-bond donors (Lipinski definition) is 1. The second kappa shape index (κ2) is 5.93. The fourth-order valence-electron chi connectivity index (χ4n) is 1.66. The molecular formula is C14H14BrN3O. The molecule has 0 unspecified atom stereocenters. The molecule has 1 N–H and O–H groups in total. The molecular weight excluding hydrogens is 306 g/mol. The lowest BCUT2D eigenvalue weighted by Gasteiger charge is -2.07. The maximum atomic E-state index is 10.9. The van der Waals surface area contributed by atoms with Gasteiger partial charge in [0, 0.05) is 10.0 Å². The van der Waals surface area contributed by atoms with Gasteiger partial charge >= 0.3 is 0 Å². The van der Waals surface area contributed by atoms with E-state index in [-0.39, 0.29) is 12.3 Å². The Morgan fingerprint density at radius 2 is 2.05 bits per heavy atom. The van der Waals surface area contributed by atoms with Crippen molar-refractivity contribution in [2.45, 2.75) is 13.8 Å². The molecule has 0 radical (unpaired) electrons. The second-order valence-electron chi connectivity index (χ2n) is 4.32. The highest BCUT2D eigenvalue weighted by Crippen LogP contribution is 2.25. The van der Waals surface area contributed by atoms with Crippen molar-refractivity contribution in [3.8, 4) is 11.3 Å². The van der Waals surface area contributed by atoms with E-state index in [9.17, 15) is 4.79 Å². The summed E-state index contributed by atoms with van der Waals surface area (Å²) in [6, 6.07) is 9.76. The molecule has 0 fully saturated rings. The molecule has 0 spiro atoms. The van der Waals surface area contributed by atoms with Gasteiger partial charge in [-0.1, -0.05) is 22.0 Å². The third-order valence-electron chi connectivity index (χ3n) is 2.66. The third-order valence-corrected chi connectivity index (χ3v) is 3.15. The molecule has 0 aliphatic rings. The number of carbonyl (C=O) groups excluding carboxylic acids is 1. The molecule has 1 aromatic carbocycles. The normalized spacial score (nSPS) is 10.3. The van der Waals surface area contributed by atoms with Crippen molar-refractivity contribution in [3.63, 3.8) is 0 Å². The number of rotatable bonds is 4. The number of halogens is 1. The van der Waals surface area contributed by atoms with Crippen molar-refractivity contribution in [3.05, 3.63) is 40.4 Å². The van der Waals surface area contributed by atoms with Crippen molar-refractivity contribution < 1.29 is 4.79 Å². The van der Waals surface area contributed by atoms with E-state index in [1.807, 2.05) is 37.3 Å². The molecule has 0 saturated heterocycles. The van der Waals surface area contributed by atoms with Crippen molar-refractivity contribution in [1.82, 2.24) is 10.2 Å². The quantitative estimate of drug-likeness (QED) is 0.940. The molecule has 0 bridgehead atoms. The summed E-state index contributed by atoms with van der Waals surface area (Å²) >= 11 is 3.45. The van der Waals surface area contributed by atoms with Crippen molar-refractivity contribution in [2.75, 3.05) is 11.9 Å². The number of aryl methyl sites for hydroxylation is 1. The van der Waals surface area contributed by atoms with Gasteiger partial charge in [0.15, 0.2) is 0 Å². The summed E-state index contributed by atoms with van der Waals surface area (Å²) in [5, 5.41) is 11.2. The van der Waals surface area contributed by atoms with Crippen molar-refractivity contribution in [2.24, 2.45) is 0 Å². The summed E-state index contributed by atoms with van der Waals surface area (Å²) in [5.74, 6) is 0.667. The Hall–Kier alpha value is -1.75. The van der Waals surface area contributed by atoms with E-state index in [0.717, 1.165) is 21.3 Å². The first-order valence-electron chi connectivity index (χ1n) is 5.90. The summed E-state index contributed by atoms with van der Waals surface area (Å²) in [5.41, 5.74) is 2.99. The van der Waals surface area contributed by atoms with E-state index in [1.165, 1.54) is 6.92 Å². The molecule has 2 aromatic rings. The molecule has 4 nitrogen and oxygen atoms in total.